The first kappa shape index (κ1) is 24.6. The number of aliphatic hydroxyl groups is 1. The molecule has 2 rings (SSSR count). The third kappa shape index (κ3) is 9.35. The van der Waals surface area contributed by atoms with Gasteiger partial charge in [0.2, 0.25) is 0 Å². The van der Waals surface area contributed by atoms with Crippen molar-refractivity contribution in [1.29, 1.82) is 0 Å². The summed E-state index contributed by atoms with van der Waals surface area (Å²) >= 11 is 0. The van der Waals surface area contributed by atoms with E-state index in [1.54, 1.807) is 36.4 Å². The Hall–Kier alpha value is -1.39. The first-order chi connectivity index (χ1) is 12.0. The van der Waals surface area contributed by atoms with Gasteiger partial charge in [0.15, 0.2) is 5.78 Å². The van der Waals surface area contributed by atoms with E-state index < -0.39 is 6.10 Å². The number of rotatable bonds is 7. The Morgan fingerprint density at radius 3 is 2.12 bits per heavy atom. The summed E-state index contributed by atoms with van der Waals surface area (Å²) in [5, 5.41) is 9.77. The highest BCUT2D eigenvalue weighted by molar-refractivity contribution is 7.55. The number of aliphatic hydroxyl groups excluding tert-OH is 1. The highest BCUT2D eigenvalue weighted by Crippen LogP contribution is 2.15. The molecule has 4 nitrogen and oxygen atoms in total. The number of likely N-dealkylation sites (N-methyl/N-ethyl adjacent to an activating group) is 1. The first-order valence-corrected chi connectivity index (χ1v) is 8.93. The van der Waals surface area contributed by atoms with Crippen molar-refractivity contribution in [2.45, 2.75) is 12.9 Å². The van der Waals surface area contributed by atoms with E-state index in [2.05, 4.69) is 9.12 Å². The highest BCUT2D eigenvalue weighted by atomic mass is 35.5. The Morgan fingerprint density at radius 1 is 1.12 bits per heavy atom. The van der Waals surface area contributed by atoms with Crippen LogP contribution in [0, 0.1) is 0 Å². The highest BCUT2D eigenvalue weighted by Gasteiger charge is 2.11. The normalized spacial score (nSPS) is 10.8. The molecule has 2 atom stereocenters. The van der Waals surface area contributed by atoms with Gasteiger partial charge in [-0.2, -0.15) is 9.12 Å². The standard InChI is InChI=1S/C18H21NO3.CH5BP.ClH/c1-19(2)12-16(20)13-22-17-10-8-15(9-11-17)18(21)14-6-4-3-5-7-14;1-2-3;/h3-11,16,20H,12-13H2,1-2H3;3H2,1H3;1H. The summed E-state index contributed by atoms with van der Waals surface area (Å²) in [6.07, 6.45) is -0.504. The van der Waals surface area contributed by atoms with Crippen molar-refractivity contribution in [2.75, 3.05) is 27.2 Å². The van der Waals surface area contributed by atoms with E-state index in [1.165, 1.54) is 4.90 Å². The van der Waals surface area contributed by atoms with Crippen LogP contribution in [0.2, 0.25) is 6.82 Å². The average molecular weight is 395 g/mol. The fourth-order valence-corrected chi connectivity index (χ4v) is 2.18. The van der Waals surface area contributed by atoms with Crippen molar-refractivity contribution in [3.63, 3.8) is 0 Å². The fourth-order valence-electron chi connectivity index (χ4n) is 2.18. The summed E-state index contributed by atoms with van der Waals surface area (Å²) in [5.74, 6) is 0.640. The van der Waals surface area contributed by atoms with Crippen LogP contribution in [0.4, 0.5) is 0 Å². The number of quaternary nitrogens is 1. The monoisotopic (exact) mass is 394 g/mol. The van der Waals surface area contributed by atoms with E-state index in [1.807, 2.05) is 46.1 Å². The van der Waals surface area contributed by atoms with Gasteiger partial charge in [-0.3, -0.25) is 4.79 Å². The molecule has 0 saturated heterocycles. The van der Waals surface area contributed by atoms with Crippen LogP contribution in [0.1, 0.15) is 15.9 Å². The van der Waals surface area contributed by atoms with E-state index >= 15 is 0 Å². The number of hydrogen-bond acceptors (Lipinski definition) is 3. The molecule has 2 unspecified atom stereocenters. The van der Waals surface area contributed by atoms with E-state index in [0.717, 1.165) is 0 Å². The number of ketones is 1. The summed E-state index contributed by atoms with van der Waals surface area (Å²) < 4.78 is 5.53. The van der Waals surface area contributed by atoms with Gasteiger partial charge in [-0.15, -0.1) is 0 Å². The van der Waals surface area contributed by atoms with Crippen molar-refractivity contribution in [3.05, 3.63) is 65.7 Å². The predicted octanol–water partition coefficient (Wildman–Crippen LogP) is -1.67. The van der Waals surface area contributed by atoms with Crippen LogP contribution in [0.25, 0.3) is 0 Å². The molecule has 2 aromatic carbocycles. The minimum absolute atomic E-state index is 0. The smallest absolute Gasteiger partial charge is 0.193 e. The van der Waals surface area contributed by atoms with Gasteiger partial charge in [-0.1, -0.05) is 37.2 Å². The lowest BCUT2D eigenvalue weighted by molar-refractivity contribution is -0.861. The second-order valence-electron chi connectivity index (χ2n) is 5.93. The van der Waals surface area contributed by atoms with Crippen molar-refractivity contribution in [1.82, 2.24) is 0 Å². The average Bonchev–Trinajstić information content (AvgIpc) is 2.61. The summed E-state index contributed by atoms with van der Waals surface area (Å²) in [5.41, 5.74) is 1.29. The summed E-state index contributed by atoms with van der Waals surface area (Å²) in [4.78, 5) is 13.4. The molecule has 0 amide bonds. The van der Waals surface area contributed by atoms with Crippen molar-refractivity contribution in [3.8, 4) is 5.75 Å². The summed E-state index contributed by atoms with van der Waals surface area (Å²) in [6, 6.07) is 16.2. The number of ether oxygens (including phenoxy) is 1. The number of carbonyl (C=O) groups excluding carboxylic acids is 1. The van der Waals surface area contributed by atoms with Crippen LogP contribution < -0.4 is 22.0 Å². The van der Waals surface area contributed by atoms with Gasteiger partial charge in [-0.05, 0) is 24.3 Å². The van der Waals surface area contributed by atoms with Crippen molar-refractivity contribution in [2.24, 2.45) is 0 Å². The number of nitrogens with one attached hydrogen (secondary N) is 1. The predicted molar refractivity (Wildman–Crippen MR) is 107 cm³/mol. The molecule has 0 aliphatic rings. The SMILES string of the molecule is C[B]P.C[NH+](C)CC(O)COc1ccc(C(=O)c2ccccc2)cc1.[Cl-]. The van der Waals surface area contributed by atoms with Crippen LogP contribution in [-0.4, -0.2) is 51.2 Å². The van der Waals surface area contributed by atoms with E-state index in [-0.39, 0.29) is 24.8 Å². The molecule has 0 aliphatic carbocycles. The van der Waals surface area contributed by atoms with Crippen LogP contribution in [0.3, 0.4) is 0 Å². The van der Waals surface area contributed by atoms with E-state index in [4.69, 9.17) is 4.74 Å². The van der Waals surface area contributed by atoms with Gasteiger partial charge in [0.05, 0.1) is 14.1 Å². The number of benzene rings is 2. The van der Waals surface area contributed by atoms with Crippen molar-refractivity contribution < 1.29 is 31.9 Å². The fraction of sp³-hybridized carbons (Fsp3) is 0.316. The number of hydrogen-bond donors (Lipinski definition) is 2. The number of carbonyl (C=O) groups is 1. The Labute approximate surface area is 165 Å². The van der Waals surface area contributed by atoms with E-state index in [9.17, 15) is 9.90 Å². The summed E-state index contributed by atoms with van der Waals surface area (Å²) in [6.45, 7) is 4.76. The number of halogens is 1. The van der Waals surface area contributed by atoms with Gasteiger partial charge < -0.3 is 27.2 Å². The molecule has 0 heterocycles. The zero-order chi connectivity index (χ0) is 18.7. The molecule has 1 radical (unpaired) electrons. The molecule has 0 spiro atoms. The second-order valence-corrected chi connectivity index (χ2v) is 6.60. The maximum atomic E-state index is 12.3. The Balaban J connectivity index is 0.00000146. The molecule has 26 heavy (non-hydrogen) atoms. The Kier molecular flexibility index (Phi) is 13.0. The maximum absolute atomic E-state index is 12.3. The molecular weight excluding hydrogens is 367 g/mol. The third-order valence-corrected chi connectivity index (χ3v) is 3.24. The molecule has 0 bridgehead atoms. The first-order valence-electron chi connectivity index (χ1n) is 8.27. The Bertz CT molecular complexity index is 626. The molecule has 2 aromatic rings. The zero-order valence-corrected chi connectivity index (χ0v) is 17.4. The molecule has 0 saturated carbocycles. The van der Waals surface area contributed by atoms with Crippen molar-refractivity contribution >= 4 is 21.9 Å². The van der Waals surface area contributed by atoms with Gasteiger partial charge in [0.25, 0.3) is 0 Å². The van der Waals surface area contributed by atoms with Crippen LogP contribution in [0.5, 0.6) is 5.75 Å². The van der Waals surface area contributed by atoms with Gasteiger partial charge in [-0.25, -0.2) is 0 Å². The molecule has 2 N–H and O–H groups in total. The molecule has 0 fully saturated rings. The van der Waals surface area contributed by atoms with E-state index in [0.29, 0.717) is 23.4 Å². The summed E-state index contributed by atoms with van der Waals surface area (Å²) in [7, 11) is 6.41. The molecular formula is C19H27BClNO3P. The lowest BCUT2D eigenvalue weighted by Gasteiger charge is -2.14. The van der Waals surface area contributed by atoms with Crippen LogP contribution >= 0.6 is 9.12 Å². The van der Waals surface area contributed by atoms with Gasteiger partial charge >= 0.3 is 0 Å². The Morgan fingerprint density at radius 2 is 1.62 bits per heavy atom. The topological polar surface area (TPSA) is 51.0 Å². The lowest BCUT2D eigenvalue weighted by atomic mass is 10.0. The van der Waals surface area contributed by atoms with Gasteiger partial charge in [0.1, 0.15) is 32.0 Å². The minimum Gasteiger partial charge on any atom is -1.00 e. The minimum atomic E-state index is -0.504. The third-order valence-electron chi connectivity index (χ3n) is 3.24. The van der Waals surface area contributed by atoms with Crippen LogP contribution in [-0.2, 0) is 0 Å². The lowest BCUT2D eigenvalue weighted by Crippen LogP contribution is -3.07. The molecule has 141 valence electrons. The second kappa shape index (κ2) is 13.8. The molecule has 0 aliphatic heterocycles. The zero-order valence-electron chi connectivity index (χ0n) is 15.5. The molecule has 0 aromatic heterocycles. The largest absolute Gasteiger partial charge is 1.00 e. The maximum Gasteiger partial charge on any atom is 0.193 e. The quantitative estimate of drug-likeness (QED) is 0.336. The molecule has 7 heteroatoms. The van der Waals surface area contributed by atoms with Gasteiger partial charge in [0, 0.05) is 11.1 Å². The van der Waals surface area contributed by atoms with Crippen LogP contribution in [0.15, 0.2) is 54.6 Å².